The minimum atomic E-state index is -0.483. The number of rotatable bonds is 5. The Kier molecular flexibility index (Phi) is 4.22. The summed E-state index contributed by atoms with van der Waals surface area (Å²) in [6.07, 6.45) is 1.73. The van der Waals surface area contributed by atoms with E-state index < -0.39 is 6.10 Å². The second kappa shape index (κ2) is 6.46. The highest BCUT2D eigenvalue weighted by molar-refractivity contribution is 5.88. The smallest absolute Gasteiger partial charge is 0.322 e. The highest BCUT2D eigenvalue weighted by Gasteiger charge is 2.27. The van der Waals surface area contributed by atoms with Gasteiger partial charge >= 0.3 is 6.01 Å². The molecule has 2 heterocycles. The van der Waals surface area contributed by atoms with Gasteiger partial charge in [-0.25, -0.2) is 0 Å². The molecule has 0 bridgehead atoms. The van der Waals surface area contributed by atoms with Gasteiger partial charge in [0.05, 0.1) is 0 Å². The predicted molar refractivity (Wildman–Crippen MR) is 77.8 cm³/mol. The first-order chi connectivity index (χ1) is 10.8. The zero-order chi connectivity index (χ0) is 15.4. The van der Waals surface area contributed by atoms with Crippen LogP contribution in [0.1, 0.15) is 38.2 Å². The van der Waals surface area contributed by atoms with E-state index in [-0.39, 0.29) is 24.4 Å². The third kappa shape index (κ3) is 3.19. The van der Waals surface area contributed by atoms with Crippen LogP contribution in [0.4, 0.5) is 6.01 Å². The molecule has 1 amide bonds. The first-order valence-electron chi connectivity index (χ1n) is 7.28. The zero-order valence-electron chi connectivity index (χ0n) is 12.2. The number of hydrogen-bond donors (Lipinski definition) is 1. The SMILES string of the molecule is CCCCC(=O)Nc1nnc(C2COc3ccccc3O2)o1. The summed E-state index contributed by atoms with van der Waals surface area (Å²) in [4.78, 5) is 11.6. The fourth-order valence-corrected chi connectivity index (χ4v) is 2.08. The molecule has 1 N–H and O–H groups in total. The van der Waals surface area contributed by atoms with Crippen LogP contribution in [0.25, 0.3) is 0 Å². The molecule has 116 valence electrons. The lowest BCUT2D eigenvalue weighted by molar-refractivity contribution is -0.116. The minimum absolute atomic E-state index is 0.0820. The van der Waals surface area contributed by atoms with Crippen LogP contribution in [0.15, 0.2) is 28.7 Å². The Morgan fingerprint density at radius 3 is 2.95 bits per heavy atom. The van der Waals surface area contributed by atoms with Crippen LogP contribution in [0.3, 0.4) is 0 Å². The lowest BCUT2D eigenvalue weighted by Gasteiger charge is -2.23. The summed E-state index contributed by atoms with van der Waals surface area (Å²) in [6, 6.07) is 7.46. The van der Waals surface area contributed by atoms with E-state index in [1.165, 1.54) is 0 Å². The molecular formula is C15H17N3O4. The number of benzene rings is 1. The van der Waals surface area contributed by atoms with Crippen molar-refractivity contribution in [2.24, 2.45) is 0 Å². The first-order valence-corrected chi connectivity index (χ1v) is 7.28. The molecule has 0 saturated carbocycles. The number of amides is 1. The number of carbonyl (C=O) groups is 1. The van der Waals surface area contributed by atoms with Crippen LogP contribution in [0, 0.1) is 0 Å². The Bertz CT molecular complexity index is 656. The standard InChI is InChI=1S/C15H17N3O4/c1-2-3-8-13(19)16-15-18-17-14(22-15)12-9-20-10-6-4-5-7-11(10)21-12/h4-7,12H,2-3,8-9H2,1H3,(H,16,18,19). The maximum absolute atomic E-state index is 11.6. The van der Waals surface area contributed by atoms with Crippen molar-refractivity contribution in [1.29, 1.82) is 0 Å². The van der Waals surface area contributed by atoms with E-state index >= 15 is 0 Å². The van der Waals surface area contributed by atoms with Gasteiger partial charge in [-0.3, -0.25) is 10.1 Å². The monoisotopic (exact) mass is 303 g/mol. The van der Waals surface area contributed by atoms with Gasteiger partial charge < -0.3 is 13.9 Å². The summed E-state index contributed by atoms with van der Waals surface area (Å²) in [5, 5.41) is 10.3. The largest absolute Gasteiger partial charge is 0.485 e. The third-order valence-electron chi connectivity index (χ3n) is 3.23. The number of nitrogens with one attached hydrogen (secondary N) is 1. The maximum atomic E-state index is 11.6. The summed E-state index contributed by atoms with van der Waals surface area (Å²) in [5.41, 5.74) is 0. The molecule has 1 atom stereocenters. The topological polar surface area (TPSA) is 86.5 Å². The number of unbranched alkanes of at least 4 members (excludes halogenated alkanes) is 1. The fourth-order valence-electron chi connectivity index (χ4n) is 2.08. The number of ether oxygens (including phenoxy) is 2. The van der Waals surface area contributed by atoms with E-state index in [9.17, 15) is 4.79 Å². The molecule has 0 fully saturated rings. The molecule has 0 aliphatic carbocycles. The first kappa shape index (κ1) is 14.4. The summed E-state index contributed by atoms with van der Waals surface area (Å²) in [6.45, 7) is 2.30. The van der Waals surface area contributed by atoms with Crippen molar-refractivity contribution in [3.05, 3.63) is 30.2 Å². The minimum Gasteiger partial charge on any atom is -0.485 e. The molecular weight excluding hydrogens is 286 g/mol. The van der Waals surface area contributed by atoms with Crippen LogP contribution >= 0.6 is 0 Å². The van der Waals surface area contributed by atoms with Crippen molar-refractivity contribution in [2.45, 2.75) is 32.3 Å². The van der Waals surface area contributed by atoms with Crippen molar-refractivity contribution in [1.82, 2.24) is 10.2 Å². The molecule has 0 saturated heterocycles. The molecule has 0 radical (unpaired) electrons. The van der Waals surface area contributed by atoms with Crippen molar-refractivity contribution in [2.75, 3.05) is 11.9 Å². The fraction of sp³-hybridized carbons (Fsp3) is 0.400. The second-order valence-electron chi connectivity index (χ2n) is 4.96. The molecule has 1 aromatic heterocycles. The van der Waals surface area contributed by atoms with Crippen molar-refractivity contribution < 1.29 is 18.7 Å². The van der Waals surface area contributed by atoms with Gasteiger partial charge in [-0.15, -0.1) is 5.10 Å². The summed E-state index contributed by atoms with van der Waals surface area (Å²) in [5.74, 6) is 1.46. The van der Waals surface area contributed by atoms with E-state index in [4.69, 9.17) is 13.9 Å². The van der Waals surface area contributed by atoms with Crippen LogP contribution in [0.5, 0.6) is 11.5 Å². The number of carbonyl (C=O) groups excluding carboxylic acids is 1. The Labute approximate surface area is 127 Å². The van der Waals surface area contributed by atoms with Gasteiger partial charge in [0.1, 0.15) is 6.61 Å². The van der Waals surface area contributed by atoms with Gasteiger partial charge in [0.2, 0.25) is 12.0 Å². The molecule has 2 aromatic rings. The van der Waals surface area contributed by atoms with Gasteiger partial charge in [-0.05, 0) is 18.6 Å². The van der Waals surface area contributed by atoms with Crippen LogP contribution in [0.2, 0.25) is 0 Å². The quantitative estimate of drug-likeness (QED) is 0.914. The Balaban J connectivity index is 1.64. The Morgan fingerprint density at radius 2 is 2.14 bits per heavy atom. The summed E-state index contributed by atoms with van der Waals surface area (Å²) < 4.78 is 16.8. The molecule has 3 rings (SSSR count). The molecule has 7 heteroatoms. The lowest BCUT2D eigenvalue weighted by Crippen LogP contribution is -2.21. The number of anilines is 1. The van der Waals surface area contributed by atoms with Gasteiger partial charge in [0.25, 0.3) is 5.89 Å². The lowest BCUT2D eigenvalue weighted by atomic mass is 10.2. The molecule has 22 heavy (non-hydrogen) atoms. The van der Waals surface area contributed by atoms with Gasteiger partial charge in [0.15, 0.2) is 11.5 Å². The molecule has 1 aliphatic rings. The highest BCUT2D eigenvalue weighted by atomic mass is 16.6. The molecule has 1 unspecified atom stereocenters. The zero-order valence-corrected chi connectivity index (χ0v) is 12.2. The number of aromatic nitrogens is 2. The van der Waals surface area contributed by atoms with Crippen molar-refractivity contribution in [3.63, 3.8) is 0 Å². The van der Waals surface area contributed by atoms with Gasteiger partial charge in [0, 0.05) is 6.42 Å². The molecule has 7 nitrogen and oxygen atoms in total. The van der Waals surface area contributed by atoms with E-state index in [1.807, 2.05) is 31.2 Å². The van der Waals surface area contributed by atoms with Crippen molar-refractivity contribution >= 4 is 11.9 Å². The predicted octanol–water partition coefficient (Wildman–Crippen LogP) is 2.71. The van der Waals surface area contributed by atoms with Crippen LogP contribution < -0.4 is 14.8 Å². The number of fused-ring (bicyclic) bond motifs is 1. The van der Waals surface area contributed by atoms with Crippen molar-refractivity contribution in [3.8, 4) is 11.5 Å². The Morgan fingerprint density at radius 1 is 1.32 bits per heavy atom. The normalized spacial score (nSPS) is 16.3. The van der Waals surface area contributed by atoms with E-state index in [0.29, 0.717) is 17.9 Å². The highest BCUT2D eigenvalue weighted by Crippen LogP contribution is 2.35. The van der Waals surface area contributed by atoms with E-state index in [2.05, 4.69) is 15.5 Å². The Hall–Kier alpha value is -2.57. The molecule has 1 aliphatic heterocycles. The maximum Gasteiger partial charge on any atom is 0.322 e. The van der Waals surface area contributed by atoms with E-state index in [0.717, 1.165) is 12.8 Å². The van der Waals surface area contributed by atoms with Gasteiger partial charge in [-0.1, -0.05) is 30.6 Å². The average molecular weight is 303 g/mol. The molecule has 0 spiro atoms. The summed E-state index contributed by atoms with van der Waals surface area (Å²) in [7, 11) is 0. The molecule has 1 aromatic carbocycles. The average Bonchev–Trinajstić information content (AvgIpc) is 3.01. The summed E-state index contributed by atoms with van der Waals surface area (Å²) >= 11 is 0. The number of nitrogens with zero attached hydrogens (tertiary/aromatic N) is 2. The van der Waals surface area contributed by atoms with E-state index in [1.54, 1.807) is 0 Å². The number of para-hydroxylation sites is 2. The van der Waals surface area contributed by atoms with Crippen LogP contribution in [-0.4, -0.2) is 22.7 Å². The van der Waals surface area contributed by atoms with Crippen LogP contribution in [-0.2, 0) is 4.79 Å². The second-order valence-corrected chi connectivity index (χ2v) is 4.96. The third-order valence-corrected chi connectivity index (χ3v) is 3.23. The number of hydrogen-bond acceptors (Lipinski definition) is 6. The van der Waals surface area contributed by atoms with Gasteiger partial charge in [-0.2, -0.15) is 0 Å².